The number of aliphatic carboxylic acids is 1. The Bertz CT molecular complexity index is 613. The molecule has 0 amide bonds. The molecular weight excluding hydrogens is 336 g/mol. The van der Waals surface area contributed by atoms with Gasteiger partial charge in [-0.25, -0.2) is 0 Å². The van der Waals surface area contributed by atoms with E-state index in [0.717, 1.165) is 49.4 Å². The molecule has 27 heavy (non-hydrogen) atoms. The highest BCUT2D eigenvalue weighted by molar-refractivity contribution is 5.80. The van der Waals surface area contributed by atoms with E-state index in [1.54, 1.807) is 0 Å². The molecule has 4 aliphatic carbocycles. The van der Waals surface area contributed by atoms with Crippen LogP contribution in [0.3, 0.4) is 0 Å². The average Bonchev–Trinajstić information content (AvgIpc) is 2.96. The van der Waals surface area contributed by atoms with Crippen molar-refractivity contribution in [2.24, 2.45) is 46.3 Å². The monoisotopic (exact) mass is 374 g/mol. The molecule has 8 atom stereocenters. The Balaban J connectivity index is 1.53. The maximum absolute atomic E-state index is 12.3. The van der Waals surface area contributed by atoms with Gasteiger partial charge in [-0.15, -0.1) is 0 Å². The van der Waals surface area contributed by atoms with E-state index < -0.39 is 5.97 Å². The summed E-state index contributed by atoms with van der Waals surface area (Å²) < 4.78 is 0. The Kier molecular flexibility index (Phi) is 4.96. The lowest BCUT2D eigenvalue weighted by molar-refractivity contribution is -0.143. The molecule has 1 N–H and O–H groups in total. The van der Waals surface area contributed by atoms with Gasteiger partial charge in [-0.05, 0) is 97.7 Å². The number of rotatable bonds is 4. The zero-order chi connectivity index (χ0) is 19.4. The van der Waals surface area contributed by atoms with Gasteiger partial charge in [0, 0.05) is 19.3 Å². The second-order valence-corrected chi connectivity index (χ2v) is 11.0. The lowest BCUT2D eigenvalue weighted by Crippen LogP contribution is -2.54. The Morgan fingerprint density at radius 2 is 1.81 bits per heavy atom. The van der Waals surface area contributed by atoms with Gasteiger partial charge < -0.3 is 5.11 Å². The van der Waals surface area contributed by atoms with Crippen LogP contribution in [0.2, 0.25) is 0 Å². The smallest absolute Gasteiger partial charge is 0.303 e. The van der Waals surface area contributed by atoms with Gasteiger partial charge in [0.05, 0.1) is 0 Å². The zero-order valence-corrected chi connectivity index (χ0v) is 17.5. The molecule has 152 valence electrons. The molecule has 0 heterocycles. The summed E-state index contributed by atoms with van der Waals surface area (Å²) in [5.74, 6) is 4.15. The summed E-state index contributed by atoms with van der Waals surface area (Å²) >= 11 is 0. The van der Waals surface area contributed by atoms with E-state index in [1.165, 1.54) is 38.5 Å². The molecule has 3 nitrogen and oxygen atoms in total. The van der Waals surface area contributed by atoms with Crippen molar-refractivity contribution in [3.63, 3.8) is 0 Å². The first kappa shape index (κ1) is 19.5. The maximum Gasteiger partial charge on any atom is 0.303 e. The molecular formula is C24H38O3. The third-order valence-corrected chi connectivity index (χ3v) is 9.99. The largest absolute Gasteiger partial charge is 0.481 e. The normalized spacial score (nSPS) is 47.7. The fourth-order valence-electron chi connectivity index (χ4n) is 8.66. The van der Waals surface area contributed by atoms with Crippen LogP contribution in [0.5, 0.6) is 0 Å². The van der Waals surface area contributed by atoms with Gasteiger partial charge in [0.2, 0.25) is 0 Å². The lowest BCUT2D eigenvalue weighted by atomic mass is 9.44. The van der Waals surface area contributed by atoms with Gasteiger partial charge in [-0.1, -0.05) is 20.8 Å². The number of carbonyl (C=O) groups excluding carboxylic acids is 1. The van der Waals surface area contributed by atoms with E-state index in [-0.39, 0.29) is 5.41 Å². The molecule has 0 spiro atoms. The van der Waals surface area contributed by atoms with Gasteiger partial charge in [0.25, 0.3) is 0 Å². The lowest BCUT2D eigenvalue weighted by Gasteiger charge is -2.60. The second kappa shape index (κ2) is 6.88. The molecule has 4 aliphatic rings. The van der Waals surface area contributed by atoms with Gasteiger partial charge in [-0.3, -0.25) is 9.59 Å². The van der Waals surface area contributed by atoms with Crippen molar-refractivity contribution in [2.75, 3.05) is 0 Å². The predicted octanol–water partition coefficient (Wildman–Crippen LogP) is 5.72. The highest BCUT2D eigenvalue weighted by Gasteiger charge is 2.60. The van der Waals surface area contributed by atoms with Crippen molar-refractivity contribution < 1.29 is 14.7 Å². The number of ketones is 1. The van der Waals surface area contributed by atoms with E-state index in [2.05, 4.69) is 20.8 Å². The molecule has 4 rings (SSSR count). The zero-order valence-electron chi connectivity index (χ0n) is 17.5. The molecule has 0 aromatic carbocycles. The second-order valence-electron chi connectivity index (χ2n) is 11.0. The first-order valence-electron chi connectivity index (χ1n) is 11.5. The quantitative estimate of drug-likeness (QED) is 0.685. The molecule has 4 saturated carbocycles. The fraction of sp³-hybridized carbons (Fsp3) is 0.917. The van der Waals surface area contributed by atoms with Crippen LogP contribution in [-0.2, 0) is 9.59 Å². The highest BCUT2D eigenvalue weighted by atomic mass is 16.4. The van der Waals surface area contributed by atoms with Crippen molar-refractivity contribution >= 4 is 11.8 Å². The van der Waals surface area contributed by atoms with Gasteiger partial charge >= 0.3 is 5.97 Å². The predicted molar refractivity (Wildman–Crippen MR) is 106 cm³/mol. The van der Waals surface area contributed by atoms with Crippen molar-refractivity contribution in [1.82, 2.24) is 0 Å². The standard InChI is InChI=1S/C24H38O3/c1-15(4-11-22(26)27)19-9-10-20-18-8-6-16-5-7-17(25)14-24(16,3)21(18)12-13-23(19,20)2/h15-16,18-21H,4-14H2,1-3H3,(H,26,27)/t15-,16?,18+,19-,20+,21+,23-,24+/m1/s1. The molecule has 0 saturated heterocycles. The molecule has 0 bridgehead atoms. The summed E-state index contributed by atoms with van der Waals surface area (Å²) in [5, 5.41) is 9.09. The van der Waals surface area contributed by atoms with Crippen LogP contribution in [0, 0.1) is 46.3 Å². The summed E-state index contributed by atoms with van der Waals surface area (Å²) in [7, 11) is 0. The molecule has 0 aromatic rings. The van der Waals surface area contributed by atoms with Crippen LogP contribution in [-0.4, -0.2) is 16.9 Å². The van der Waals surface area contributed by atoms with Crippen molar-refractivity contribution in [2.45, 2.75) is 91.4 Å². The first-order chi connectivity index (χ1) is 12.8. The van der Waals surface area contributed by atoms with Crippen LogP contribution in [0.4, 0.5) is 0 Å². The summed E-state index contributed by atoms with van der Waals surface area (Å²) in [4.78, 5) is 23.3. The van der Waals surface area contributed by atoms with Crippen LogP contribution >= 0.6 is 0 Å². The summed E-state index contributed by atoms with van der Waals surface area (Å²) in [6, 6.07) is 0. The fourth-order valence-corrected chi connectivity index (χ4v) is 8.66. The molecule has 0 aliphatic heterocycles. The minimum Gasteiger partial charge on any atom is -0.481 e. The Morgan fingerprint density at radius 1 is 1.07 bits per heavy atom. The molecule has 0 aromatic heterocycles. The molecule has 1 unspecified atom stereocenters. The summed E-state index contributed by atoms with van der Waals surface area (Å²) in [6.07, 6.45) is 11.8. The minimum atomic E-state index is -0.654. The van der Waals surface area contributed by atoms with Gasteiger partial charge in [0.1, 0.15) is 5.78 Å². The number of fused-ring (bicyclic) bond motifs is 5. The van der Waals surface area contributed by atoms with Gasteiger partial charge in [0.15, 0.2) is 0 Å². The molecule has 0 radical (unpaired) electrons. The average molecular weight is 375 g/mol. The van der Waals surface area contributed by atoms with E-state index in [9.17, 15) is 9.59 Å². The number of hydrogen-bond donors (Lipinski definition) is 1. The topological polar surface area (TPSA) is 54.4 Å². The number of carboxylic acid groups (broad SMARTS) is 1. The third-order valence-electron chi connectivity index (χ3n) is 9.99. The van der Waals surface area contributed by atoms with Crippen LogP contribution < -0.4 is 0 Å². The number of hydrogen-bond acceptors (Lipinski definition) is 2. The first-order valence-corrected chi connectivity index (χ1v) is 11.5. The Morgan fingerprint density at radius 3 is 2.56 bits per heavy atom. The third kappa shape index (κ3) is 3.08. The number of Topliss-reactive ketones (excluding diaryl/α,β-unsaturated/α-hetero) is 1. The Hall–Kier alpha value is -0.860. The molecule has 4 fully saturated rings. The summed E-state index contributed by atoms with van der Waals surface area (Å²) in [6.45, 7) is 7.28. The highest BCUT2D eigenvalue weighted by Crippen LogP contribution is 2.68. The number of carbonyl (C=O) groups is 2. The minimum absolute atomic E-state index is 0.257. The van der Waals surface area contributed by atoms with Crippen LogP contribution in [0.15, 0.2) is 0 Å². The van der Waals surface area contributed by atoms with E-state index in [1.807, 2.05) is 0 Å². The van der Waals surface area contributed by atoms with Crippen molar-refractivity contribution in [3.8, 4) is 0 Å². The van der Waals surface area contributed by atoms with E-state index >= 15 is 0 Å². The van der Waals surface area contributed by atoms with E-state index in [4.69, 9.17) is 5.11 Å². The van der Waals surface area contributed by atoms with E-state index in [0.29, 0.717) is 29.5 Å². The SMILES string of the molecule is C[C@H](CCC(=O)O)[C@H]1CC[C@H]2[C@@H]3CCC4CCC(=O)C[C@]4(C)[C@H]3CC[C@]12C. The van der Waals surface area contributed by atoms with Crippen molar-refractivity contribution in [3.05, 3.63) is 0 Å². The van der Waals surface area contributed by atoms with Crippen LogP contribution in [0.25, 0.3) is 0 Å². The number of carboxylic acids is 1. The Labute approximate surface area is 164 Å². The van der Waals surface area contributed by atoms with Gasteiger partial charge in [-0.2, -0.15) is 0 Å². The maximum atomic E-state index is 12.3. The van der Waals surface area contributed by atoms with Crippen LogP contribution in [0.1, 0.15) is 91.4 Å². The van der Waals surface area contributed by atoms with Crippen molar-refractivity contribution in [1.29, 1.82) is 0 Å². The summed E-state index contributed by atoms with van der Waals surface area (Å²) in [5.41, 5.74) is 0.646. The molecule has 3 heteroatoms.